The highest BCUT2D eigenvalue weighted by Gasteiger charge is 2.00. The Labute approximate surface area is 80.4 Å². The largest absolute Gasteiger partial charge is 0.508 e. The molecular formula is C12H18O. The average molecular weight is 178 g/mol. The summed E-state index contributed by atoms with van der Waals surface area (Å²) in [6, 6.07) is 5.95. The van der Waals surface area contributed by atoms with Crippen LogP contribution in [0.2, 0.25) is 0 Å². The maximum absolute atomic E-state index is 9.53. The van der Waals surface area contributed by atoms with Crippen molar-refractivity contribution < 1.29 is 5.11 Å². The van der Waals surface area contributed by atoms with E-state index in [2.05, 4.69) is 19.9 Å². The van der Waals surface area contributed by atoms with Crippen LogP contribution >= 0.6 is 0 Å². The highest BCUT2D eigenvalue weighted by Crippen LogP contribution is 2.20. The first kappa shape index (κ1) is 10.1. The Bertz CT molecular complexity index is 266. The molecule has 0 spiro atoms. The molecule has 0 fully saturated rings. The van der Waals surface area contributed by atoms with Crippen molar-refractivity contribution in [2.24, 2.45) is 0 Å². The number of hydrogen-bond acceptors (Lipinski definition) is 1. The molecule has 0 aliphatic heterocycles. The van der Waals surface area contributed by atoms with Gasteiger partial charge in [0, 0.05) is 0 Å². The van der Waals surface area contributed by atoms with Crippen molar-refractivity contribution in [1.82, 2.24) is 0 Å². The number of benzene rings is 1. The van der Waals surface area contributed by atoms with Gasteiger partial charge in [0.2, 0.25) is 0 Å². The average Bonchev–Trinajstić information content (AvgIpc) is 2.12. The van der Waals surface area contributed by atoms with Gasteiger partial charge in [-0.2, -0.15) is 0 Å². The summed E-state index contributed by atoms with van der Waals surface area (Å²) in [4.78, 5) is 0. The second kappa shape index (κ2) is 4.90. The second-order valence-corrected chi connectivity index (χ2v) is 3.46. The molecule has 0 heterocycles. The molecule has 1 aromatic rings. The van der Waals surface area contributed by atoms with Gasteiger partial charge in [0.15, 0.2) is 0 Å². The van der Waals surface area contributed by atoms with Crippen LogP contribution in [-0.4, -0.2) is 5.11 Å². The molecule has 72 valence electrons. The predicted molar refractivity (Wildman–Crippen MR) is 56.1 cm³/mol. The fourth-order valence-corrected chi connectivity index (χ4v) is 1.55. The zero-order valence-corrected chi connectivity index (χ0v) is 8.51. The number of aryl methyl sites for hydroxylation is 2. The summed E-state index contributed by atoms with van der Waals surface area (Å²) in [6.45, 7) is 4.30. The van der Waals surface area contributed by atoms with Gasteiger partial charge in [-0.3, -0.25) is 0 Å². The van der Waals surface area contributed by atoms with Gasteiger partial charge in [-0.25, -0.2) is 0 Å². The minimum atomic E-state index is 0.446. The molecule has 0 saturated heterocycles. The molecule has 0 aliphatic rings. The zero-order chi connectivity index (χ0) is 9.68. The number of phenols is 1. The number of hydrogen-bond donors (Lipinski definition) is 1. The Morgan fingerprint density at radius 1 is 1.08 bits per heavy atom. The topological polar surface area (TPSA) is 20.2 Å². The van der Waals surface area contributed by atoms with Gasteiger partial charge in [-0.15, -0.1) is 0 Å². The lowest BCUT2D eigenvalue weighted by molar-refractivity contribution is 0.467. The van der Waals surface area contributed by atoms with Crippen LogP contribution in [0.5, 0.6) is 5.75 Å². The monoisotopic (exact) mass is 178 g/mol. The van der Waals surface area contributed by atoms with Gasteiger partial charge in [-0.05, 0) is 30.0 Å². The SMILES string of the molecule is CCCc1ccc(O)c(CCC)c1. The minimum Gasteiger partial charge on any atom is -0.508 e. The highest BCUT2D eigenvalue weighted by atomic mass is 16.3. The fourth-order valence-electron chi connectivity index (χ4n) is 1.55. The van der Waals surface area contributed by atoms with Crippen LogP contribution in [-0.2, 0) is 12.8 Å². The maximum atomic E-state index is 9.53. The van der Waals surface area contributed by atoms with Gasteiger partial charge >= 0.3 is 0 Å². The number of phenolic OH excluding ortho intramolecular Hbond substituents is 1. The lowest BCUT2D eigenvalue weighted by atomic mass is 10.0. The van der Waals surface area contributed by atoms with Gasteiger partial charge in [-0.1, -0.05) is 38.8 Å². The van der Waals surface area contributed by atoms with E-state index in [1.165, 1.54) is 5.56 Å². The Balaban J connectivity index is 2.83. The van der Waals surface area contributed by atoms with Crippen molar-refractivity contribution >= 4 is 0 Å². The maximum Gasteiger partial charge on any atom is 0.118 e. The van der Waals surface area contributed by atoms with Crippen molar-refractivity contribution in [2.75, 3.05) is 0 Å². The Hall–Kier alpha value is -0.980. The van der Waals surface area contributed by atoms with E-state index in [4.69, 9.17) is 0 Å². The summed E-state index contributed by atoms with van der Waals surface area (Å²) < 4.78 is 0. The summed E-state index contributed by atoms with van der Waals surface area (Å²) in [5, 5.41) is 9.53. The van der Waals surface area contributed by atoms with E-state index in [1.54, 1.807) is 0 Å². The smallest absolute Gasteiger partial charge is 0.118 e. The standard InChI is InChI=1S/C12H18O/c1-3-5-10-7-8-12(13)11(9-10)6-4-2/h7-9,13H,3-6H2,1-2H3. The molecule has 0 radical (unpaired) electrons. The Morgan fingerprint density at radius 2 is 1.77 bits per heavy atom. The summed E-state index contributed by atoms with van der Waals surface area (Å²) in [5.74, 6) is 0.446. The van der Waals surface area contributed by atoms with Crippen LogP contribution in [0.15, 0.2) is 18.2 Å². The molecule has 0 aromatic heterocycles. The molecule has 13 heavy (non-hydrogen) atoms. The van der Waals surface area contributed by atoms with E-state index in [9.17, 15) is 5.11 Å². The zero-order valence-electron chi connectivity index (χ0n) is 8.51. The van der Waals surface area contributed by atoms with Gasteiger partial charge < -0.3 is 5.11 Å². The van der Waals surface area contributed by atoms with Crippen molar-refractivity contribution in [3.8, 4) is 5.75 Å². The second-order valence-electron chi connectivity index (χ2n) is 3.46. The molecule has 1 aromatic carbocycles. The first-order valence-electron chi connectivity index (χ1n) is 5.08. The first-order valence-corrected chi connectivity index (χ1v) is 5.08. The molecule has 0 amide bonds. The van der Waals surface area contributed by atoms with E-state index in [-0.39, 0.29) is 0 Å². The molecule has 0 saturated carbocycles. The van der Waals surface area contributed by atoms with Crippen LogP contribution in [0.3, 0.4) is 0 Å². The highest BCUT2D eigenvalue weighted by molar-refractivity contribution is 5.36. The van der Waals surface area contributed by atoms with Crippen LogP contribution in [0.25, 0.3) is 0 Å². The van der Waals surface area contributed by atoms with Crippen molar-refractivity contribution in [3.05, 3.63) is 29.3 Å². The van der Waals surface area contributed by atoms with Crippen LogP contribution in [0.1, 0.15) is 37.8 Å². The fraction of sp³-hybridized carbons (Fsp3) is 0.500. The first-order chi connectivity index (χ1) is 6.27. The van der Waals surface area contributed by atoms with E-state index in [0.717, 1.165) is 31.2 Å². The van der Waals surface area contributed by atoms with E-state index in [1.807, 2.05) is 12.1 Å². The van der Waals surface area contributed by atoms with Crippen LogP contribution in [0.4, 0.5) is 0 Å². The van der Waals surface area contributed by atoms with Crippen LogP contribution < -0.4 is 0 Å². The Morgan fingerprint density at radius 3 is 2.38 bits per heavy atom. The van der Waals surface area contributed by atoms with Gasteiger partial charge in [0.1, 0.15) is 5.75 Å². The summed E-state index contributed by atoms with van der Waals surface area (Å²) in [6.07, 6.45) is 4.33. The van der Waals surface area contributed by atoms with Crippen molar-refractivity contribution in [1.29, 1.82) is 0 Å². The van der Waals surface area contributed by atoms with Crippen molar-refractivity contribution in [3.63, 3.8) is 0 Å². The van der Waals surface area contributed by atoms with E-state index >= 15 is 0 Å². The number of aromatic hydroxyl groups is 1. The van der Waals surface area contributed by atoms with E-state index in [0.29, 0.717) is 5.75 Å². The molecule has 0 unspecified atom stereocenters. The Kier molecular flexibility index (Phi) is 3.81. The third-order valence-corrected chi connectivity index (χ3v) is 2.20. The molecule has 0 aliphatic carbocycles. The molecule has 0 atom stereocenters. The molecule has 1 N–H and O–H groups in total. The van der Waals surface area contributed by atoms with Gasteiger partial charge in [0.05, 0.1) is 0 Å². The lowest BCUT2D eigenvalue weighted by Gasteiger charge is -2.05. The summed E-state index contributed by atoms with van der Waals surface area (Å²) in [7, 11) is 0. The third kappa shape index (κ3) is 2.76. The quantitative estimate of drug-likeness (QED) is 0.750. The van der Waals surface area contributed by atoms with Gasteiger partial charge in [0.25, 0.3) is 0 Å². The lowest BCUT2D eigenvalue weighted by Crippen LogP contribution is -1.89. The number of rotatable bonds is 4. The molecular weight excluding hydrogens is 160 g/mol. The molecule has 1 nitrogen and oxygen atoms in total. The van der Waals surface area contributed by atoms with Crippen molar-refractivity contribution in [2.45, 2.75) is 39.5 Å². The summed E-state index contributed by atoms with van der Waals surface area (Å²) >= 11 is 0. The third-order valence-electron chi connectivity index (χ3n) is 2.20. The normalized spacial score (nSPS) is 10.3. The van der Waals surface area contributed by atoms with E-state index < -0.39 is 0 Å². The molecule has 1 heteroatoms. The molecule has 0 bridgehead atoms. The minimum absolute atomic E-state index is 0.446. The summed E-state index contributed by atoms with van der Waals surface area (Å²) in [5.41, 5.74) is 2.43. The van der Waals surface area contributed by atoms with Crippen LogP contribution in [0, 0.1) is 0 Å². The predicted octanol–water partition coefficient (Wildman–Crippen LogP) is 3.30. The molecule has 1 rings (SSSR count).